The Morgan fingerprint density at radius 2 is 1.12 bits per heavy atom. The standard InChI is InChI=1S/C13H17NO5S2.C13H16O3S.ClH2NO2S/c1-13(2,3)8-11-6-9-4-5-10(19-21(14,17)18)7-12(9)20(11,15)16;1-13(2,3)8-11-6-9-4-5-10(14)7-12(9)17(11,15)16;1-5(2,3)4/h4-7H,8H2,1-3H3,(H2,14,17,18);4-7,14H,8H2,1-3H3;(H2,2,3,4). The van der Waals surface area contributed by atoms with Gasteiger partial charge in [-0.15, -0.1) is 0 Å². The second-order valence-electron chi connectivity index (χ2n) is 12.2. The minimum atomic E-state index is -4.19. The van der Waals surface area contributed by atoms with Crippen LogP contribution < -0.4 is 14.5 Å². The molecule has 0 aliphatic carbocycles. The average Bonchev–Trinajstić information content (AvgIpc) is 3.13. The molecule has 0 aromatic heterocycles. The van der Waals surface area contributed by atoms with E-state index in [2.05, 4.69) is 20.0 Å². The van der Waals surface area contributed by atoms with Crippen molar-refractivity contribution in [1.82, 2.24) is 0 Å². The Morgan fingerprint density at radius 3 is 1.49 bits per heavy atom. The van der Waals surface area contributed by atoms with Gasteiger partial charge in [0.1, 0.15) is 11.5 Å². The van der Waals surface area contributed by atoms with Gasteiger partial charge in [-0.3, -0.25) is 0 Å². The van der Waals surface area contributed by atoms with Gasteiger partial charge in [0.05, 0.1) is 19.6 Å². The van der Waals surface area contributed by atoms with Crippen molar-refractivity contribution < 1.29 is 43.0 Å². The number of nitrogens with two attached hydrogens (primary N) is 2. The SMILES string of the molecule is CC(C)(C)CC1=Cc2ccc(O)cc2S1(=O)=O.CC(C)(C)CC1=Cc2ccc(OS(N)(=O)=O)cc2S1(=O)=O.NS(=O)(=O)Cl. The van der Waals surface area contributed by atoms with E-state index in [1.165, 1.54) is 30.3 Å². The van der Waals surface area contributed by atoms with E-state index in [0.717, 1.165) is 0 Å². The Labute approximate surface area is 258 Å². The highest BCUT2D eigenvalue weighted by Gasteiger charge is 2.33. The largest absolute Gasteiger partial charge is 0.508 e. The Bertz CT molecular complexity index is 1890. The van der Waals surface area contributed by atoms with Crippen LogP contribution in [-0.4, -0.2) is 38.8 Å². The van der Waals surface area contributed by atoms with Crippen LogP contribution in [0.25, 0.3) is 12.2 Å². The lowest BCUT2D eigenvalue weighted by atomic mass is 9.92. The highest BCUT2D eigenvalue weighted by Crippen LogP contribution is 2.41. The number of fused-ring (bicyclic) bond motifs is 2. The summed E-state index contributed by atoms with van der Waals surface area (Å²) in [6, 6.07) is 8.51. The van der Waals surface area contributed by atoms with Crippen molar-refractivity contribution >= 4 is 62.0 Å². The second-order valence-corrected chi connectivity index (χ2v) is 19.5. The fourth-order valence-corrected chi connectivity index (χ4v) is 8.22. The molecular weight excluding hydrogens is 664 g/mol. The third-order valence-corrected chi connectivity index (χ3v) is 9.70. The van der Waals surface area contributed by atoms with Gasteiger partial charge in [-0.25, -0.2) is 22.0 Å². The molecule has 5 N–H and O–H groups in total. The van der Waals surface area contributed by atoms with Gasteiger partial charge in [-0.2, -0.15) is 22.0 Å². The van der Waals surface area contributed by atoms with Crippen LogP contribution in [0.5, 0.6) is 11.5 Å². The first-order chi connectivity index (χ1) is 19.1. The lowest BCUT2D eigenvalue weighted by Crippen LogP contribution is -2.19. The Morgan fingerprint density at radius 1 is 0.744 bits per heavy atom. The molecule has 0 saturated carbocycles. The summed E-state index contributed by atoms with van der Waals surface area (Å²) in [5, 5.41) is 18.2. The summed E-state index contributed by atoms with van der Waals surface area (Å²) in [7, 11) is -10.6. The summed E-state index contributed by atoms with van der Waals surface area (Å²) in [6.07, 6.45) is 4.21. The molecule has 12 nitrogen and oxygen atoms in total. The zero-order valence-corrected chi connectivity index (χ0v) is 28.3. The van der Waals surface area contributed by atoms with Gasteiger partial charge in [0.25, 0.3) is 9.24 Å². The molecule has 17 heteroatoms. The number of phenols is 1. The number of hydrogen-bond acceptors (Lipinski definition) is 10. The first-order valence-electron chi connectivity index (χ1n) is 12.4. The summed E-state index contributed by atoms with van der Waals surface area (Å²) < 4.78 is 94.1. The van der Waals surface area contributed by atoms with Gasteiger partial charge in [-0.1, -0.05) is 41.5 Å². The summed E-state index contributed by atoms with van der Waals surface area (Å²) >= 11 is 0. The van der Waals surface area contributed by atoms with Crippen LogP contribution in [0.2, 0.25) is 0 Å². The summed E-state index contributed by atoms with van der Waals surface area (Å²) in [6.45, 7) is 11.9. The minimum absolute atomic E-state index is 0.0160. The van der Waals surface area contributed by atoms with Gasteiger partial charge >= 0.3 is 10.3 Å². The molecular formula is C26H35ClN2O10S4. The summed E-state index contributed by atoms with van der Waals surface area (Å²) in [4.78, 5) is 1.02. The molecule has 0 amide bonds. The van der Waals surface area contributed by atoms with E-state index in [1.54, 1.807) is 18.2 Å². The number of benzene rings is 2. The van der Waals surface area contributed by atoms with E-state index < -0.39 is 39.2 Å². The molecule has 0 saturated heterocycles. The quantitative estimate of drug-likeness (QED) is 0.386. The van der Waals surface area contributed by atoms with Gasteiger partial charge in [0, 0.05) is 16.7 Å². The van der Waals surface area contributed by atoms with Crippen LogP contribution in [-0.2, 0) is 39.2 Å². The van der Waals surface area contributed by atoms with Crippen LogP contribution in [0.1, 0.15) is 65.5 Å². The number of rotatable bonds is 4. The number of hydrogen-bond donors (Lipinski definition) is 3. The molecule has 2 aliphatic heterocycles. The molecule has 2 aromatic carbocycles. The minimum Gasteiger partial charge on any atom is -0.508 e. The molecule has 2 aliphatic rings. The zero-order chi connectivity index (χ0) is 33.4. The van der Waals surface area contributed by atoms with Crippen molar-refractivity contribution in [3.05, 3.63) is 57.3 Å². The maximum absolute atomic E-state index is 12.5. The molecule has 240 valence electrons. The molecule has 0 atom stereocenters. The van der Waals surface area contributed by atoms with Crippen LogP contribution in [0.3, 0.4) is 0 Å². The van der Waals surface area contributed by atoms with Gasteiger partial charge in [0.15, 0.2) is 0 Å². The Balaban J connectivity index is 0.000000264. The van der Waals surface area contributed by atoms with E-state index in [1.807, 2.05) is 41.5 Å². The van der Waals surface area contributed by atoms with Crippen molar-refractivity contribution in [3.63, 3.8) is 0 Å². The maximum atomic E-state index is 12.5. The van der Waals surface area contributed by atoms with Crippen molar-refractivity contribution in [3.8, 4) is 11.5 Å². The predicted octanol–water partition coefficient (Wildman–Crippen LogP) is 4.22. The van der Waals surface area contributed by atoms with Crippen molar-refractivity contribution in [2.24, 2.45) is 21.1 Å². The van der Waals surface area contributed by atoms with Gasteiger partial charge < -0.3 is 9.29 Å². The van der Waals surface area contributed by atoms with Gasteiger partial charge in [0.2, 0.25) is 19.7 Å². The zero-order valence-electron chi connectivity index (χ0n) is 24.3. The van der Waals surface area contributed by atoms with Crippen molar-refractivity contribution in [2.45, 2.75) is 64.2 Å². The lowest BCUT2D eigenvalue weighted by Gasteiger charge is -2.18. The van der Waals surface area contributed by atoms with E-state index in [4.69, 9.17) is 5.14 Å². The van der Waals surface area contributed by atoms with Crippen LogP contribution >= 0.6 is 10.7 Å². The molecule has 0 fully saturated rings. The third-order valence-electron chi connectivity index (χ3n) is 5.51. The normalized spacial score (nSPS) is 16.8. The molecule has 0 spiro atoms. The van der Waals surface area contributed by atoms with Crippen LogP contribution in [0.4, 0.5) is 0 Å². The van der Waals surface area contributed by atoms with Crippen molar-refractivity contribution in [2.75, 3.05) is 0 Å². The highest BCUT2D eigenvalue weighted by atomic mass is 35.7. The van der Waals surface area contributed by atoms with E-state index in [9.17, 15) is 38.8 Å². The third kappa shape index (κ3) is 11.2. The van der Waals surface area contributed by atoms with E-state index >= 15 is 0 Å². The number of halogens is 1. The fourth-order valence-electron chi connectivity index (χ4n) is 4.05. The molecule has 2 heterocycles. The van der Waals surface area contributed by atoms with E-state index in [-0.39, 0.29) is 32.1 Å². The molecule has 2 aromatic rings. The summed E-state index contributed by atoms with van der Waals surface area (Å²) in [5.41, 5.74) is 0.933. The van der Waals surface area contributed by atoms with Crippen LogP contribution in [0, 0.1) is 10.8 Å². The number of phenolic OH excluding ortho intramolecular Hbond substituents is 1. The molecule has 4 rings (SSSR count). The molecule has 0 radical (unpaired) electrons. The smallest absolute Gasteiger partial charge is 0.380 e. The highest BCUT2D eigenvalue weighted by molar-refractivity contribution is 8.11. The molecule has 0 bridgehead atoms. The fraction of sp³-hybridized carbons (Fsp3) is 0.385. The van der Waals surface area contributed by atoms with Crippen LogP contribution in [0.15, 0.2) is 56.0 Å². The lowest BCUT2D eigenvalue weighted by molar-refractivity contribution is 0.416. The monoisotopic (exact) mass is 698 g/mol. The molecule has 0 unspecified atom stereocenters. The Hall–Kier alpha value is -2.47. The predicted molar refractivity (Wildman–Crippen MR) is 166 cm³/mol. The second kappa shape index (κ2) is 12.5. The number of aromatic hydroxyl groups is 1. The summed E-state index contributed by atoms with van der Waals surface area (Å²) in [5.74, 6) is -0.136. The topological polar surface area (TPSA) is 218 Å². The maximum Gasteiger partial charge on any atom is 0.380 e. The van der Waals surface area contributed by atoms with Crippen molar-refractivity contribution in [1.29, 1.82) is 0 Å². The first-order valence-corrected chi connectivity index (χ1v) is 19.2. The molecule has 43 heavy (non-hydrogen) atoms. The first kappa shape index (κ1) is 36.7. The van der Waals surface area contributed by atoms with E-state index in [0.29, 0.717) is 33.8 Å². The number of sulfone groups is 2. The van der Waals surface area contributed by atoms with Gasteiger partial charge in [-0.05, 0) is 77.3 Å². The Kier molecular flexibility index (Phi) is 10.7. The number of allylic oxidation sites excluding steroid dienone is 2. The average molecular weight is 699 g/mol.